The first-order valence-electron chi connectivity index (χ1n) is 7.89. The van der Waals surface area contributed by atoms with Gasteiger partial charge in [-0.25, -0.2) is 9.97 Å². The van der Waals surface area contributed by atoms with E-state index in [2.05, 4.69) is 30.6 Å². The molecule has 0 spiro atoms. The van der Waals surface area contributed by atoms with Crippen molar-refractivity contribution in [1.82, 2.24) is 34.5 Å². The van der Waals surface area contributed by atoms with Crippen molar-refractivity contribution in [3.05, 3.63) is 24.2 Å². The highest BCUT2D eigenvalue weighted by atomic mass is 16.5. The van der Waals surface area contributed by atoms with E-state index in [1.54, 1.807) is 24.3 Å². The molecule has 0 aliphatic heterocycles. The average molecular weight is 330 g/mol. The van der Waals surface area contributed by atoms with E-state index in [1.807, 2.05) is 25.5 Å². The lowest BCUT2D eigenvalue weighted by molar-refractivity contribution is 0.190. The van der Waals surface area contributed by atoms with Crippen molar-refractivity contribution in [2.24, 2.45) is 7.05 Å². The van der Waals surface area contributed by atoms with Crippen LogP contribution in [0.2, 0.25) is 0 Å². The van der Waals surface area contributed by atoms with E-state index in [0.717, 1.165) is 35.6 Å². The number of nitrogens with zero attached hydrogens (tertiary/aromatic N) is 7. The van der Waals surface area contributed by atoms with Crippen LogP contribution in [0.25, 0.3) is 11.0 Å². The molecule has 0 amide bonds. The monoisotopic (exact) mass is 330 g/mol. The molecular weight excluding hydrogens is 308 g/mol. The maximum absolute atomic E-state index is 5.10. The highest BCUT2D eigenvalue weighted by Gasteiger charge is 2.17. The Kier molecular flexibility index (Phi) is 4.70. The average Bonchev–Trinajstić information content (AvgIpc) is 3.15. The summed E-state index contributed by atoms with van der Waals surface area (Å²) in [4.78, 5) is 8.95. The third-order valence-corrected chi connectivity index (χ3v) is 3.84. The van der Waals surface area contributed by atoms with Crippen LogP contribution in [0.1, 0.15) is 31.0 Å². The summed E-state index contributed by atoms with van der Waals surface area (Å²) < 4.78 is 8.88. The molecule has 0 saturated heterocycles. The minimum atomic E-state index is -0.0484. The molecule has 0 aromatic carbocycles. The Morgan fingerprint density at radius 3 is 2.96 bits per heavy atom. The Balaban J connectivity index is 1.83. The first-order valence-corrected chi connectivity index (χ1v) is 7.89. The summed E-state index contributed by atoms with van der Waals surface area (Å²) >= 11 is 0. The fourth-order valence-electron chi connectivity index (χ4n) is 2.66. The topological polar surface area (TPSA) is 95.6 Å². The highest BCUT2D eigenvalue weighted by molar-refractivity contribution is 5.86. The summed E-state index contributed by atoms with van der Waals surface area (Å²) in [6, 6.07) is -0.0484. The van der Waals surface area contributed by atoms with Crippen molar-refractivity contribution >= 4 is 16.9 Å². The Morgan fingerprint density at radius 2 is 2.17 bits per heavy atom. The standard InChI is InChI=1S/C15H22N8O/c1-10(14-21-16-9-23(14)6-5-7-24-4)18-13-12-8-17-22(3)15(12)20-11(2)19-13/h8-10H,5-7H2,1-4H3,(H,18,19,20)/t10-/m0/s1. The number of aromatic nitrogens is 7. The van der Waals surface area contributed by atoms with Crippen LogP contribution in [0.5, 0.6) is 0 Å². The van der Waals surface area contributed by atoms with Crippen molar-refractivity contribution in [2.75, 3.05) is 19.0 Å². The van der Waals surface area contributed by atoms with Crippen LogP contribution in [0.15, 0.2) is 12.5 Å². The molecule has 0 radical (unpaired) electrons. The van der Waals surface area contributed by atoms with Crippen molar-refractivity contribution in [2.45, 2.75) is 32.9 Å². The molecule has 24 heavy (non-hydrogen) atoms. The van der Waals surface area contributed by atoms with Gasteiger partial charge in [-0.05, 0) is 20.3 Å². The largest absolute Gasteiger partial charge is 0.385 e. The molecule has 3 aromatic rings. The molecule has 3 rings (SSSR count). The molecule has 0 aliphatic rings. The van der Waals surface area contributed by atoms with Gasteiger partial charge in [-0.3, -0.25) is 4.68 Å². The summed E-state index contributed by atoms with van der Waals surface area (Å²) in [5, 5.41) is 16.8. The molecule has 9 heteroatoms. The lowest BCUT2D eigenvalue weighted by Gasteiger charge is -2.16. The second kappa shape index (κ2) is 6.91. The van der Waals surface area contributed by atoms with Crippen molar-refractivity contribution < 1.29 is 4.74 Å². The van der Waals surface area contributed by atoms with Crippen molar-refractivity contribution in [1.29, 1.82) is 0 Å². The maximum atomic E-state index is 5.10. The lowest BCUT2D eigenvalue weighted by atomic mass is 10.2. The zero-order valence-corrected chi connectivity index (χ0v) is 14.4. The summed E-state index contributed by atoms with van der Waals surface area (Å²) in [6.45, 7) is 5.43. The number of aryl methyl sites for hydroxylation is 3. The van der Waals surface area contributed by atoms with E-state index >= 15 is 0 Å². The first kappa shape index (κ1) is 16.3. The molecule has 1 N–H and O–H groups in total. The summed E-state index contributed by atoms with van der Waals surface area (Å²) in [6.07, 6.45) is 4.43. The van der Waals surface area contributed by atoms with E-state index in [-0.39, 0.29) is 6.04 Å². The number of hydrogen-bond acceptors (Lipinski definition) is 7. The number of methoxy groups -OCH3 is 1. The third-order valence-electron chi connectivity index (χ3n) is 3.84. The molecule has 0 aliphatic carbocycles. The Labute approximate surface area is 140 Å². The molecular formula is C15H22N8O. The number of fused-ring (bicyclic) bond motifs is 1. The number of rotatable bonds is 7. The molecule has 0 fully saturated rings. The van der Waals surface area contributed by atoms with Gasteiger partial charge in [0.25, 0.3) is 0 Å². The van der Waals surface area contributed by atoms with Crippen LogP contribution in [0, 0.1) is 6.92 Å². The maximum Gasteiger partial charge on any atom is 0.163 e. The van der Waals surface area contributed by atoms with Gasteiger partial charge in [-0.2, -0.15) is 5.10 Å². The van der Waals surface area contributed by atoms with Gasteiger partial charge in [0.1, 0.15) is 18.0 Å². The number of anilines is 1. The molecule has 1 atom stereocenters. The molecule has 9 nitrogen and oxygen atoms in total. The summed E-state index contributed by atoms with van der Waals surface area (Å²) in [5.74, 6) is 2.31. The van der Waals surface area contributed by atoms with Gasteiger partial charge in [0.05, 0.1) is 17.6 Å². The van der Waals surface area contributed by atoms with Crippen LogP contribution in [-0.2, 0) is 18.3 Å². The van der Waals surface area contributed by atoms with E-state index < -0.39 is 0 Å². The summed E-state index contributed by atoms with van der Waals surface area (Å²) in [7, 11) is 3.57. The minimum absolute atomic E-state index is 0.0484. The van der Waals surface area contributed by atoms with Gasteiger partial charge in [-0.1, -0.05) is 0 Å². The van der Waals surface area contributed by atoms with E-state index in [4.69, 9.17) is 4.74 Å². The molecule has 0 saturated carbocycles. The second-order valence-electron chi connectivity index (χ2n) is 5.72. The number of hydrogen-bond donors (Lipinski definition) is 1. The zero-order valence-electron chi connectivity index (χ0n) is 14.4. The molecule has 0 bridgehead atoms. The van der Waals surface area contributed by atoms with Crippen LogP contribution in [0.3, 0.4) is 0 Å². The van der Waals surface area contributed by atoms with Crippen LogP contribution in [-0.4, -0.2) is 48.2 Å². The molecule has 3 heterocycles. The number of nitrogens with one attached hydrogen (secondary N) is 1. The van der Waals surface area contributed by atoms with Gasteiger partial charge in [0.2, 0.25) is 0 Å². The normalized spacial score (nSPS) is 12.7. The Bertz CT molecular complexity index is 824. The lowest BCUT2D eigenvalue weighted by Crippen LogP contribution is -2.15. The summed E-state index contributed by atoms with van der Waals surface area (Å²) in [5.41, 5.74) is 0.804. The fraction of sp³-hybridized carbons (Fsp3) is 0.533. The van der Waals surface area contributed by atoms with Crippen molar-refractivity contribution in [3.63, 3.8) is 0 Å². The van der Waals surface area contributed by atoms with Gasteiger partial charge in [-0.15, -0.1) is 10.2 Å². The predicted molar refractivity (Wildman–Crippen MR) is 89.6 cm³/mol. The minimum Gasteiger partial charge on any atom is -0.385 e. The predicted octanol–water partition coefficient (Wildman–Crippen LogP) is 1.47. The van der Waals surface area contributed by atoms with Gasteiger partial charge in [0, 0.05) is 27.3 Å². The number of ether oxygens (including phenoxy) is 1. The van der Waals surface area contributed by atoms with Gasteiger partial charge >= 0.3 is 0 Å². The Hall–Kier alpha value is -2.55. The van der Waals surface area contributed by atoms with Crippen LogP contribution < -0.4 is 5.32 Å². The van der Waals surface area contributed by atoms with E-state index in [1.165, 1.54) is 0 Å². The molecule has 128 valence electrons. The molecule has 0 unspecified atom stereocenters. The zero-order chi connectivity index (χ0) is 17.1. The van der Waals surface area contributed by atoms with Gasteiger partial charge < -0.3 is 14.6 Å². The van der Waals surface area contributed by atoms with Crippen LogP contribution in [0.4, 0.5) is 5.82 Å². The van der Waals surface area contributed by atoms with E-state index in [0.29, 0.717) is 12.4 Å². The smallest absolute Gasteiger partial charge is 0.163 e. The van der Waals surface area contributed by atoms with E-state index in [9.17, 15) is 0 Å². The van der Waals surface area contributed by atoms with Gasteiger partial charge in [0.15, 0.2) is 11.5 Å². The highest BCUT2D eigenvalue weighted by Crippen LogP contribution is 2.23. The van der Waals surface area contributed by atoms with Crippen molar-refractivity contribution in [3.8, 4) is 0 Å². The second-order valence-corrected chi connectivity index (χ2v) is 5.72. The quantitative estimate of drug-likeness (QED) is 0.655. The Morgan fingerprint density at radius 1 is 1.33 bits per heavy atom. The first-order chi connectivity index (χ1) is 11.6. The molecule has 3 aromatic heterocycles. The fourth-order valence-corrected chi connectivity index (χ4v) is 2.66. The van der Waals surface area contributed by atoms with Crippen LogP contribution >= 0.6 is 0 Å². The third kappa shape index (κ3) is 3.21. The SMILES string of the molecule is COCCCn1cnnc1[C@H](C)Nc1nc(C)nc2c1cnn2C.